The fraction of sp³-hybridized carbons (Fsp3) is 0.900. The van der Waals surface area contributed by atoms with Crippen LogP contribution in [-0.2, 0) is 4.79 Å². The summed E-state index contributed by atoms with van der Waals surface area (Å²) >= 11 is 0. The number of hydrogen-bond donors (Lipinski definition) is 0. The van der Waals surface area contributed by atoms with Crippen molar-refractivity contribution < 1.29 is 4.79 Å². The Morgan fingerprint density at radius 2 is 2.25 bits per heavy atom. The molecule has 0 amide bonds. The maximum Gasteiger partial charge on any atom is 0.149 e. The zero-order valence-corrected chi connectivity index (χ0v) is 7.75. The monoisotopic (exact) mass is 167 g/mol. The highest BCUT2D eigenvalue weighted by molar-refractivity contribution is 5.85. The zero-order chi connectivity index (χ0) is 8.55. The lowest BCUT2D eigenvalue weighted by molar-refractivity contribution is -0.121. The normalized spacial score (nSPS) is 37.9. The van der Waals surface area contributed by atoms with Gasteiger partial charge >= 0.3 is 0 Å². The second kappa shape index (κ2) is 3.17. The molecule has 0 aromatic carbocycles. The van der Waals surface area contributed by atoms with Crippen molar-refractivity contribution in [3.63, 3.8) is 0 Å². The van der Waals surface area contributed by atoms with E-state index in [2.05, 4.69) is 11.8 Å². The van der Waals surface area contributed by atoms with Crippen LogP contribution in [0.15, 0.2) is 0 Å². The highest BCUT2D eigenvalue weighted by Crippen LogP contribution is 2.25. The van der Waals surface area contributed by atoms with Gasteiger partial charge in [0, 0.05) is 13.0 Å². The number of carbonyl (C=O) groups excluding carboxylic acids is 1. The fourth-order valence-corrected chi connectivity index (χ4v) is 2.44. The first-order valence-electron chi connectivity index (χ1n) is 5.04. The fourth-order valence-electron chi connectivity index (χ4n) is 2.44. The minimum Gasteiger partial charge on any atom is -0.298 e. The standard InChI is InChI=1S/C10H17NO/c1-8-5-6-11(7-8)9-3-2-4-10(9)12/h8-9H,2-7H2,1H3. The Kier molecular flexibility index (Phi) is 2.18. The Morgan fingerprint density at radius 1 is 1.42 bits per heavy atom. The molecule has 0 aromatic rings. The maximum absolute atomic E-state index is 11.4. The van der Waals surface area contributed by atoms with Crippen LogP contribution in [0.5, 0.6) is 0 Å². The first kappa shape index (κ1) is 8.24. The lowest BCUT2D eigenvalue weighted by Crippen LogP contribution is -2.36. The quantitative estimate of drug-likeness (QED) is 0.589. The number of rotatable bonds is 1. The van der Waals surface area contributed by atoms with E-state index in [0.717, 1.165) is 38.3 Å². The van der Waals surface area contributed by atoms with Crippen molar-refractivity contribution in [2.75, 3.05) is 13.1 Å². The van der Waals surface area contributed by atoms with Crippen LogP contribution in [0.4, 0.5) is 0 Å². The summed E-state index contributed by atoms with van der Waals surface area (Å²) in [7, 11) is 0. The Morgan fingerprint density at radius 3 is 2.75 bits per heavy atom. The van der Waals surface area contributed by atoms with Crippen molar-refractivity contribution in [1.82, 2.24) is 4.90 Å². The van der Waals surface area contributed by atoms with E-state index in [4.69, 9.17) is 0 Å². The van der Waals surface area contributed by atoms with Crippen molar-refractivity contribution in [1.29, 1.82) is 0 Å². The lowest BCUT2D eigenvalue weighted by Gasteiger charge is -2.21. The van der Waals surface area contributed by atoms with Gasteiger partial charge in [0.1, 0.15) is 5.78 Å². The molecule has 1 aliphatic carbocycles. The molecule has 2 unspecified atom stereocenters. The molecule has 2 heteroatoms. The van der Waals surface area contributed by atoms with Crippen LogP contribution in [0.1, 0.15) is 32.6 Å². The number of ketones is 1. The third kappa shape index (κ3) is 1.40. The van der Waals surface area contributed by atoms with Crippen LogP contribution in [0.3, 0.4) is 0 Å². The molecule has 68 valence electrons. The topological polar surface area (TPSA) is 20.3 Å². The Hall–Kier alpha value is -0.370. The predicted molar refractivity (Wildman–Crippen MR) is 48.0 cm³/mol. The van der Waals surface area contributed by atoms with Crippen LogP contribution in [-0.4, -0.2) is 29.8 Å². The SMILES string of the molecule is CC1CCN(C2CCCC2=O)C1. The van der Waals surface area contributed by atoms with Gasteiger partial charge in [-0.1, -0.05) is 6.92 Å². The predicted octanol–water partition coefficient (Wildman–Crippen LogP) is 1.45. The van der Waals surface area contributed by atoms with Gasteiger partial charge in [0.25, 0.3) is 0 Å². The molecule has 1 saturated carbocycles. The molecule has 2 fully saturated rings. The molecule has 1 aliphatic heterocycles. The van der Waals surface area contributed by atoms with Crippen molar-refractivity contribution >= 4 is 5.78 Å². The van der Waals surface area contributed by atoms with E-state index < -0.39 is 0 Å². The molecule has 2 atom stereocenters. The minimum absolute atomic E-state index is 0.301. The van der Waals surface area contributed by atoms with Gasteiger partial charge in [-0.25, -0.2) is 0 Å². The van der Waals surface area contributed by atoms with Crippen LogP contribution >= 0.6 is 0 Å². The number of carbonyl (C=O) groups is 1. The van der Waals surface area contributed by atoms with Gasteiger partial charge in [0.2, 0.25) is 0 Å². The summed E-state index contributed by atoms with van der Waals surface area (Å²) in [6.45, 7) is 4.58. The molecular weight excluding hydrogens is 150 g/mol. The third-order valence-electron chi connectivity index (χ3n) is 3.17. The number of nitrogens with zero attached hydrogens (tertiary/aromatic N) is 1. The van der Waals surface area contributed by atoms with E-state index in [0.29, 0.717) is 11.8 Å². The summed E-state index contributed by atoms with van der Waals surface area (Å²) in [6, 6.07) is 0.301. The average Bonchev–Trinajstić information content (AvgIpc) is 2.58. The van der Waals surface area contributed by atoms with Gasteiger partial charge in [0.15, 0.2) is 0 Å². The lowest BCUT2D eigenvalue weighted by atomic mass is 10.2. The average molecular weight is 167 g/mol. The molecule has 2 aliphatic rings. The maximum atomic E-state index is 11.4. The summed E-state index contributed by atoms with van der Waals surface area (Å²) in [6.07, 6.45) is 4.35. The van der Waals surface area contributed by atoms with E-state index in [1.54, 1.807) is 0 Å². The van der Waals surface area contributed by atoms with Gasteiger partial charge in [-0.05, 0) is 31.7 Å². The number of Topliss-reactive ketones (excluding diaryl/α,β-unsaturated/α-hetero) is 1. The molecular formula is C10H17NO. The first-order valence-corrected chi connectivity index (χ1v) is 5.04. The van der Waals surface area contributed by atoms with Crippen molar-refractivity contribution in [3.8, 4) is 0 Å². The van der Waals surface area contributed by atoms with Crippen molar-refractivity contribution in [3.05, 3.63) is 0 Å². The first-order chi connectivity index (χ1) is 5.77. The smallest absolute Gasteiger partial charge is 0.149 e. The van der Waals surface area contributed by atoms with Crippen LogP contribution in [0.25, 0.3) is 0 Å². The van der Waals surface area contributed by atoms with Gasteiger partial charge in [0.05, 0.1) is 6.04 Å². The van der Waals surface area contributed by atoms with E-state index >= 15 is 0 Å². The zero-order valence-electron chi connectivity index (χ0n) is 7.75. The summed E-state index contributed by atoms with van der Waals surface area (Å²) in [4.78, 5) is 13.8. The second-order valence-corrected chi connectivity index (χ2v) is 4.26. The molecule has 2 nitrogen and oxygen atoms in total. The molecule has 0 aromatic heterocycles. The summed E-state index contributed by atoms with van der Waals surface area (Å²) in [5, 5.41) is 0. The van der Waals surface area contributed by atoms with E-state index in [1.807, 2.05) is 0 Å². The molecule has 0 radical (unpaired) electrons. The van der Waals surface area contributed by atoms with Crippen LogP contribution in [0.2, 0.25) is 0 Å². The largest absolute Gasteiger partial charge is 0.298 e. The molecule has 1 saturated heterocycles. The number of hydrogen-bond acceptors (Lipinski definition) is 2. The molecule has 0 bridgehead atoms. The van der Waals surface area contributed by atoms with Gasteiger partial charge in [-0.3, -0.25) is 9.69 Å². The summed E-state index contributed by atoms with van der Waals surface area (Å²) < 4.78 is 0. The highest BCUT2D eigenvalue weighted by Gasteiger charge is 2.33. The Balaban J connectivity index is 1.96. The van der Waals surface area contributed by atoms with Crippen molar-refractivity contribution in [2.24, 2.45) is 5.92 Å². The Labute approximate surface area is 73.9 Å². The summed E-state index contributed by atoms with van der Waals surface area (Å²) in [5.41, 5.74) is 0. The van der Waals surface area contributed by atoms with E-state index in [9.17, 15) is 4.79 Å². The molecule has 0 spiro atoms. The minimum atomic E-state index is 0.301. The summed E-state index contributed by atoms with van der Waals surface area (Å²) in [5.74, 6) is 1.29. The number of likely N-dealkylation sites (tertiary alicyclic amines) is 1. The van der Waals surface area contributed by atoms with Crippen molar-refractivity contribution in [2.45, 2.75) is 38.6 Å². The van der Waals surface area contributed by atoms with E-state index in [1.165, 1.54) is 6.42 Å². The molecule has 1 heterocycles. The molecule has 0 N–H and O–H groups in total. The van der Waals surface area contributed by atoms with Gasteiger partial charge in [-0.2, -0.15) is 0 Å². The highest BCUT2D eigenvalue weighted by atomic mass is 16.1. The third-order valence-corrected chi connectivity index (χ3v) is 3.17. The molecule has 2 rings (SSSR count). The second-order valence-electron chi connectivity index (χ2n) is 4.26. The van der Waals surface area contributed by atoms with Gasteiger partial charge < -0.3 is 0 Å². The van der Waals surface area contributed by atoms with Gasteiger partial charge in [-0.15, -0.1) is 0 Å². The van der Waals surface area contributed by atoms with E-state index in [-0.39, 0.29) is 0 Å². The van der Waals surface area contributed by atoms with Crippen LogP contribution in [0, 0.1) is 5.92 Å². The Bertz CT molecular complexity index is 190. The van der Waals surface area contributed by atoms with Crippen LogP contribution < -0.4 is 0 Å². The molecule has 12 heavy (non-hydrogen) atoms.